The van der Waals surface area contributed by atoms with Crippen LogP contribution in [0.1, 0.15) is 24.9 Å². The second-order valence-electron chi connectivity index (χ2n) is 3.39. The Kier molecular flexibility index (Phi) is 4.79. The molecule has 0 amide bonds. The van der Waals surface area contributed by atoms with Crippen LogP contribution >= 0.6 is 23.4 Å². The first-order chi connectivity index (χ1) is 6.63. The zero-order valence-electron chi connectivity index (χ0n) is 8.75. The van der Waals surface area contributed by atoms with Crippen LogP contribution in [-0.4, -0.2) is 12.3 Å². The molecule has 0 aromatic heterocycles. The summed E-state index contributed by atoms with van der Waals surface area (Å²) in [6.45, 7) is 4.38. The third-order valence-corrected chi connectivity index (χ3v) is 3.28. The van der Waals surface area contributed by atoms with Crippen LogP contribution < -0.4 is 5.32 Å². The molecule has 0 fully saturated rings. The molecule has 14 heavy (non-hydrogen) atoms. The van der Waals surface area contributed by atoms with Gasteiger partial charge in [0.25, 0.3) is 0 Å². The van der Waals surface area contributed by atoms with Gasteiger partial charge in [-0.15, -0.1) is 23.4 Å². The second kappa shape index (κ2) is 5.64. The molecular formula is C11H16ClNS. The van der Waals surface area contributed by atoms with Crippen molar-refractivity contribution in [3.63, 3.8) is 0 Å². The Labute approximate surface area is 95.2 Å². The van der Waals surface area contributed by atoms with Gasteiger partial charge in [-0.3, -0.25) is 0 Å². The molecule has 0 radical (unpaired) electrons. The van der Waals surface area contributed by atoms with Gasteiger partial charge in [0.15, 0.2) is 0 Å². The van der Waals surface area contributed by atoms with Gasteiger partial charge in [0.05, 0.1) is 0 Å². The average molecular weight is 230 g/mol. The summed E-state index contributed by atoms with van der Waals surface area (Å²) in [4.78, 5) is 1.30. The molecule has 0 saturated heterocycles. The summed E-state index contributed by atoms with van der Waals surface area (Å²) in [5.41, 5.74) is 1.02. The summed E-state index contributed by atoms with van der Waals surface area (Å²) in [5.74, 6) is 0. The number of hydrogen-bond donors (Lipinski definition) is 1. The van der Waals surface area contributed by atoms with E-state index in [9.17, 15) is 0 Å². The molecule has 0 spiro atoms. The van der Waals surface area contributed by atoms with Gasteiger partial charge in [0, 0.05) is 10.1 Å². The molecule has 1 atom stereocenters. The summed E-state index contributed by atoms with van der Waals surface area (Å²) < 4.78 is 0. The highest BCUT2D eigenvalue weighted by Gasteiger charge is 2.04. The van der Waals surface area contributed by atoms with Crippen molar-refractivity contribution in [2.75, 3.05) is 7.05 Å². The SMILES string of the molecule is CNC(Cl)c1ccc(SC(C)C)cc1. The first-order valence-corrected chi connectivity index (χ1v) is 6.03. The van der Waals surface area contributed by atoms with Crippen LogP contribution in [0.5, 0.6) is 0 Å². The Balaban J connectivity index is 2.68. The Morgan fingerprint density at radius 3 is 2.21 bits per heavy atom. The van der Waals surface area contributed by atoms with Crippen LogP contribution in [-0.2, 0) is 0 Å². The topological polar surface area (TPSA) is 12.0 Å². The average Bonchev–Trinajstić information content (AvgIpc) is 2.17. The number of benzene rings is 1. The normalized spacial score (nSPS) is 13.2. The second-order valence-corrected chi connectivity index (χ2v) is 5.47. The molecule has 0 bridgehead atoms. The third-order valence-electron chi connectivity index (χ3n) is 1.80. The lowest BCUT2D eigenvalue weighted by molar-refractivity contribution is 0.783. The predicted octanol–water partition coefficient (Wildman–Crippen LogP) is 3.64. The number of nitrogens with one attached hydrogen (secondary N) is 1. The largest absolute Gasteiger partial charge is 0.301 e. The van der Waals surface area contributed by atoms with E-state index in [2.05, 4.69) is 43.4 Å². The van der Waals surface area contributed by atoms with E-state index in [0.717, 1.165) is 5.56 Å². The van der Waals surface area contributed by atoms with Gasteiger partial charge >= 0.3 is 0 Å². The van der Waals surface area contributed by atoms with Crippen LogP contribution in [0.2, 0.25) is 0 Å². The Morgan fingerprint density at radius 2 is 1.79 bits per heavy atom. The molecule has 78 valence electrons. The predicted molar refractivity (Wildman–Crippen MR) is 65.1 cm³/mol. The maximum absolute atomic E-state index is 6.03. The highest BCUT2D eigenvalue weighted by molar-refractivity contribution is 7.99. The van der Waals surface area contributed by atoms with E-state index in [0.29, 0.717) is 5.25 Å². The van der Waals surface area contributed by atoms with Crippen LogP contribution in [0.4, 0.5) is 0 Å². The number of hydrogen-bond acceptors (Lipinski definition) is 2. The summed E-state index contributed by atoms with van der Waals surface area (Å²) in [6.07, 6.45) is 0. The number of alkyl halides is 1. The number of rotatable bonds is 4. The van der Waals surface area contributed by atoms with E-state index in [4.69, 9.17) is 11.6 Å². The van der Waals surface area contributed by atoms with Crippen LogP contribution in [0, 0.1) is 0 Å². The van der Waals surface area contributed by atoms with Crippen molar-refractivity contribution in [1.29, 1.82) is 0 Å². The molecule has 1 aromatic carbocycles. The quantitative estimate of drug-likeness (QED) is 0.481. The minimum absolute atomic E-state index is 0.0897. The Morgan fingerprint density at radius 1 is 1.21 bits per heavy atom. The van der Waals surface area contributed by atoms with Gasteiger partial charge in [0.2, 0.25) is 0 Å². The molecule has 3 heteroatoms. The van der Waals surface area contributed by atoms with E-state index < -0.39 is 0 Å². The van der Waals surface area contributed by atoms with Crippen molar-refractivity contribution >= 4 is 23.4 Å². The van der Waals surface area contributed by atoms with Crippen molar-refractivity contribution < 1.29 is 0 Å². The minimum Gasteiger partial charge on any atom is -0.301 e. The lowest BCUT2D eigenvalue weighted by Crippen LogP contribution is -2.09. The fourth-order valence-corrected chi connectivity index (χ4v) is 2.14. The lowest BCUT2D eigenvalue weighted by Gasteiger charge is -2.09. The van der Waals surface area contributed by atoms with Gasteiger partial charge in [-0.2, -0.15) is 0 Å². The summed E-state index contributed by atoms with van der Waals surface area (Å²) >= 11 is 7.89. The molecule has 0 aliphatic rings. The number of halogens is 1. The minimum atomic E-state index is -0.0897. The first kappa shape index (κ1) is 11.9. The monoisotopic (exact) mass is 229 g/mol. The standard InChI is InChI=1S/C11H16ClNS/c1-8(2)14-10-6-4-9(5-7-10)11(12)13-3/h4-8,11,13H,1-3H3. The highest BCUT2D eigenvalue weighted by Crippen LogP contribution is 2.25. The van der Waals surface area contributed by atoms with Crippen LogP contribution in [0.3, 0.4) is 0 Å². The van der Waals surface area contributed by atoms with Crippen molar-refractivity contribution in [2.24, 2.45) is 0 Å². The van der Waals surface area contributed by atoms with E-state index in [1.807, 2.05) is 18.8 Å². The van der Waals surface area contributed by atoms with E-state index in [1.165, 1.54) is 4.90 Å². The van der Waals surface area contributed by atoms with Gasteiger partial charge in [-0.1, -0.05) is 26.0 Å². The Hall–Kier alpha value is -0.180. The van der Waals surface area contributed by atoms with E-state index in [-0.39, 0.29) is 5.50 Å². The van der Waals surface area contributed by atoms with Crippen molar-refractivity contribution in [1.82, 2.24) is 5.32 Å². The fourth-order valence-electron chi connectivity index (χ4n) is 1.15. The van der Waals surface area contributed by atoms with E-state index in [1.54, 1.807) is 0 Å². The maximum atomic E-state index is 6.03. The molecular weight excluding hydrogens is 214 g/mol. The van der Waals surface area contributed by atoms with Gasteiger partial charge < -0.3 is 5.32 Å². The molecule has 0 saturated carbocycles. The van der Waals surface area contributed by atoms with Gasteiger partial charge in [-0.05, 0) is 24.7 Å². The zero-order valence-corrected chi connectivity index (χ0v) is 10.3. The van der Waals surface area contributed by atoms with Gasteiger partial charge in [0.1, 0.15) is 5.50 Å². The lowest BCUT2D eigenvalue weighted by atomic mass is 10.2. The zero-order chi connectivity index (χ0) is 10.6. The maximum Gasteiger partial charge on any atom is 0.108 e. The molecule has 1 unspecified atom stereocenters. The first-order valence-electron chi connectivity index (χ1n) is 4.71. The summed E-state index contributed by atoms with van der Waals surface area (Å²) in [6, 6.07) is 8.37. The molecule has 0 aliphatic heterocycles. The molecule has 0 aliphatic carbocycles. The summed E-state index contributed by atoms with van der Waals surface area (Å²) in [5, 5.41) is 3.62. The molecule has 1 N–H and O–H groups in total. The Bertz CT molecular complexity index is 271. The fraction of sp³-hybridized carbons (Fsp3) is 0.455. The molecule has 1 nitrogen and oxygen atoms in total. The van der Waals surface area contributed by atoms with Gasteiger partial charge in [-0.25, -0.2) is 0 Å². The molecule has 0 heterocycles. The van der Waals surface area contributed by atoms with Crippen molar-refractivity contribution in [3.05, 3.63) is 29.8 Å². The van der Waals surface area contributed by atoms with Crippen LogP contribution in [0.25, 0.3) is 0 Å². The molecule has 1 rings (SSSR count). The van der Waals surface area contributed by atoms with Crippen molar-refractivity contribution in [2.45, 2.75) is 29.5 Å². The molecule has 1 aromatic rings. The third kappa shape index (κ3) is 3.52. The smallest absolute Gasteiger partial charge is 0.108 e. The highest BCUT2D eigenvalue weighted by atomic mass is 35.5. The number of thioether (sulfide) groups is 1. The van der Waals surface area contributed by atoms with Crippen molar-refractivity contribution in [3.8, 4) is 0 Å². The van der Waals surface area contributed by atoms with E-state index >= 15 is 0 Å². The van der Waals surface area contributed by atoms with Crippen LogP contribution in [0.15, 0.2) is 29.2 Å². The summed E-state index contributed by atoms with van der Waals surface area (Å²) in [7, 11) is 1.86.